The number of carbonyl (C=O) groups excluding carboxylic acids is 4. The smallest absolute Gasteiger partial charge is 0.255 e. The number of phenols is 2. The summed E-state index contributed by atoms with van der Waals surface area (Å²) in [7, 11) is 0. The number of benzene rings is 2. The molecule has 0 saturated heterocycles. The van der Waals surface area contributed by atoms with Crippen molar-refractivity contribution in [2.75, 3.05) is 13.1 Å². The van der Waals surface area contributed by atoms with E-state index < -0.39 is 11.8 Å². The lowest BCUT2D eigenvalue weighted by Gasteiger charge is -2.05. The molecule has 0 spiro atoms. The van der Waals surface area contributed by atoms with E-state index in [1.165, 1.54) is 38.1 Å². The van der Waals surface area contributed by atoms with Crippen LogP contribution in [0.2, 0.25) is 0 Å². The third-order valence-corrected chi connectivity index (χ3v) is 3.54. The van der Waals surface area contributed by atoms with E-state index in [2.05, 4.69) is 10.6 Å². The van der Waals surface area contributed by atoms with Crippen LogP contribution in [-0.4, -0.2) is 46.7 Å². The lowest BCUT2D eigenvalue weighted by molar-refractivity contribution is -0.116. The second kappa shape index (κ2) is 14.3. The molecule has 31 heavy (non-hydrogen) atoms. The number of para-hydroxylation sites is 1. The normalized spacial score (nSPS) is 9.19. The van der Waals surface area contributed by atoms with Crippen molar-refractivity contribution in [3.8, 4) is 11.5 Å². The Kier molecular flexibility index (Phi) is 12.6. The first-order valence-corrected chi connectivity index (χ1v) is 9.74. The van der Waals surface area contributed by atoms with E-state index in [1.807, 2.05) is 20.8 Å². The van der Waals surface area contributed by atoms with E-state index in [0.717, 1.165) is 5.56 Å². The summed E-state index contributed by atoms with van der Waals surface area (Å²) >= 11 is 0. The van der Waals surface area contributed by atoms with Gasteiger partial charge in [-0.1, -0.05) is 32.0 Å². The monoisotopic (exact) mass is 430 g/mol. The highest BCUT2D eigenvalue weighted by atomic mass is 16.3. The Hall–Kier alpha value is -3.68. The highest BCUT2D eigenvalue weighted by molar-refractivity contribution is 5.99. The fraction of sp³-hybridized carbons (Fsp3) is 0.304. The molecule has 0 aromatic heterocycles. The predicted molar refractivity (Wildman–Crippen MR) is 118 cm³/mol. The van der Waals surface area contributed by atoms with Crippen molar-refractivity contribution in [2.45, 2.75) is 34.6 Å². The van der Waals surface area contributed by atoms with Crippen LogP contribution >= 0.6 is 0 Å². The van der Waals surface area contributed by atoms with E-state index in [0.29, 0.717) is 0 Å². The van der Waals surface area contributed by atoms with Crippen molar-refractivity contribution in [1.82, 2.24) is 10.6 Å². The molecule has 0 saturated carbocycles. The molecule has 0 aliphatic rings. The number of amides is 2. The molecule has 2 amide bonds. The number of Topliss-reactive ketones (excluding diaryl/α,β-unsaturated/α-hetero) is 2. The van der Waals surface area contributed by atoms with E-state index in [-0.39, 0.29) is 47.3 Å². The molecule has 0 bridgehead atoms. The van der Waals surface area contributed by atoms with Crippen LogP contribution in [0, 0.1) is 6.92 Å². The summed E-state index contributed by atoms with van der Waals surface area (Å²) in [5.41, 5.74) is 1.23. The number of aromatic hydroxyl groups is 2. The average molecular weight is 431 g/mol. The molecule has 2 rings (SSSR count). The molecular formula is C23H30N2O6. The van der Waals surface area contributed by atoms with Gasteiger partial charge in [-0.05, 0) is 50.6 Å². The fourth-order valence-corrected chi connectivity index (χ4v) is 2.10. The van der Waals surface area contributed by atoms with Gasteiger partial charge < -0.3 is 20.8 Å². The van der Waals surface area contributed by atoms with Crippen molar-refractivity contribution in [3.05, 3.63) is 59.2 Å². The molecule has 4 N–H and O–H groups in total. The van der Waals surface area contributed by atoms with Gasteiger partial charge in [0.25, 0.3) is 11.8 Å². The summed E-state index contributed by atoms with van der Waals surface area (Å²) < 4.78 is 0. The van der Waals surface area contributed by atoms with E-state index in [9.17, 15) is 29.4 Å². The standard InChI is InChI=1S/C11H13NO3.C10H11NO3.C2H6/c1-7-3-4-9(10(14)5-7)11(15)12-6-8(2)13;1-7(12)6-11-10(14)8-4-2-3-5-9(8)13;1-2/h3-5,14H,6H2,1-2H3,(H,12,15);2-5,13H,6H2,1H3,(H,11,14);1-2H3. The van der Waals surface area contributed by atoms with Gasteiger partial charge in [0.2, 0.25) is 0 Å². The molecule has 8 nitrogen and oxygen atoms in total. The van der Waals surface area contributed by atoms with Crippen molar-refractivity contribution in [1.29, 1.82) is 0 Å². The average Bonchev–Trinajstić information content (AvgIpc) is 2.72. The van der Waals surface area contributed by atoms with Crippen LogP contribution in [0.3, 0.4) is 0 Å². The highest BCUT2D eigenvalue weighted by Crippen LogP contribution is 2.18. The Bertz CT molecular complexity index is 909. The van der Waals surface area contributed by atoms with Crippen LogP contribution in [0.15, 0.2) is 42.5 Å². The van der Waals surface area contributed by atoms with Crippen LogP contribution in [0.1, 0.15) is 54.0 Å². The molecule has 0 heterocycles. The Balaban J connectivity index is 0.000000539. The molecule has 0 aliphatic carbocycles. The van der Waals surface area contributed by atoms with Crippen molar-refractivity contribution < 1.29 is 29.4 Å². The molecule has 168 valence electrons. The minimum atomic E-state index is -0.446. The number of aryl methyl sites for hydroxylation is 1. The van der Waals surface area contributed by atoms with Gasteiger partial charge in [0.05, 0.1) is 24.2 Å². The third kappa shape index (κ3) is 10.6. The maximum Gasteiger partial charge on any atom is 0.255 e. The van der Waals surface area contributed by atoms with Crippen molar-refractivity contribution in [2.24, 2.45) is 0 Å². The Morgan fingerprint density at radius 1 is 0.742 bits per heavy atom. The number of rotatable bonds is 6. The van der Waals surface area contributed by atoms with E-state index >= 15 is 0 Å². The van der Waals surface area contributed by atoms with Gasteiger partial charge in [-0.15, -0.1) is 0 Å². The number of nitrogens with one attached hydrogen (secondary N) is 2. The lowest BCUT2D eigenvalue weighted by Crippen LogP contribution is -2.28. The van der Waals surface area contributed by atoms with Gasteiger partial charge in [-0.3, -0.25) is 19.2 Å². The van der Waals surface area contributed by atoms with Crippen molar-refractivity contribution >= 4 is 23.4 Å². The van der Waals surface area contributed by atoms with Gasteiger partial charge in [0.15, 0.2) is 0 Å². The van der Waals surface area contributed by atoms with Crippen LogP contribution in [0.25, 0.3) is 0 Å². The minimum absolute atomic E-state index is 0.0207. The first kappa shape index (κ1) is 27.3. The van der Waals surface area contributed by atoms with Crippen LogP contribution in [-0.2, 0) is 9.59 Å². The summed E-state index contributed by atoms with van der Waals surface area (Å²) in [6.45, 7) is 8.54. The van der Waals surface area contributed by atoms with Gasteiger partial charge >= 0.3 is 0 Å². The molecule has 0 atom stereocenters. The van der Waals surface area contributed by atoms with Gasteiger partial charge in [-0.2, -0.15) is 0 Å². The molecule has 0 fully saturated rings. The molecule has 2 aromatic carbocycles. The third-order valence-electron chi connectivity index (χ3n) is 3.54. The predicted octanol–water partition coefficient (Wildman–Crippen LogP) is 2.76. The Labute approximate surface area is 182 Å². The number of hydrogen-bond donors (Lipinski definition) is 4. The van der Waals surface area contributed by atoms with Crippen LogP contribution in [0.4, 0.5) is 0 Å². The van der Waals surface area contributed by atoms with Gasteiger partial charge in [0.1, 0.15) is 23.1 Å². The molecule has 0 radical (unpaired) electrons. The Morgan fingerprint density at radius 3 is 1.61 bits per heavy atom. The second-order valence-electron chi connectivity index (χ2n) is 6.31. The number of hydrogen-bond acceptors (Lipinski definition) is 6. The highest BCUT2D eigenvalue weighted by Gasteiger charge is 2.11. The largest absolute Gasteiger partial charge is 0.507 e. The van der Waals surface area contributed by atoms with Crippen molar-refractivity contribution in [3.63, 3.8) is 0 Å². The molecule has 0 unspecified atom stereocenters. The first-order valence-electron chi connectivity index (χ1n) is 9.74. The second-order valence-corrected chi connectivity index (χ2v) is 6.31. The van der Waals surface area contributed by atoms with Gasteiger partial charge in [-0.25, -0.2) is 0 Å². The lowest BCUT2D eigenvalue weighted by atomic mass is 10.1. The van der Waals surface area contributed by atoms with Gasteiger partial charge in [0, 0.05) is 0 Å². The van der Waals surface area contributed by atoms with E-state index in [4.69, 9.17) is 0 Å². The molecular weight excluding hydrogens is 400 g/mol. The molecule has 2 aromatic rings. The summed E-state index contributed by atoms with van der Waals surface area (Å²) in [5.74, 6) is -1.31. The van der Waals surface area contributed by atoms with E-state index in [1.54, 1.807) is 18.2 Å². The topological polar surface area (TPSA) is 133 Å². The summed E-state index contributed by atoms with van der Waals surface area (Å²) in [4.78, 5) is 44.0. The quantitative estimate of drug-likeness (QED) is 0.557. The zero-order chi connectivity index (χ0) is 24.0. The zero-order valence-corrected chi connectivity index (χ0v) is 18.5. The summed E-state index contributed by atoms with van der Waals surface area (Å²) in [6.07, 6.45) is 0. The number of ketones is 2. The number of phenolic OH excluding ortho intramolecular Hbond substituents is 2. The summed E-state index contributed by atoms with van der Waals surface area (Å²) in [6, 6.07) is 10.9. The van der Waals surface area contributed by atoms with Crippen LogP contribution < -0.4 is 10.6 Å². The maximum atomic E-state index is 11.5. The Morgan fingerprint density at radius 2 is 1.19 bits per heavy atom. The van der Waals surface area contributed by atoms with Crippen LogP contribution in [0.5, 0.6) is 11.5 Å². The number of carbonyl (C=O) groups is 4. The molecule has 0 aliphatic heterocycles. The SMILES string of the molecule is CC.CC(=O)CNC(=O)c1ccc(C)cc1O.CC(=O)CNC(=O)c1ccccc1O. The maximum absolute atomic E-state index is 11.5. The minimum Gasteiger partial charge on any atom is -0.507 e. The zero-order valence-electron chi connectivity index (χ0n) is 18.5. The molecule has 8 heteroatoms. The fourth-order valence-electron chi connectivity index (χ4n) is 2.10. The first-order chi connectivity index (χ1) is 14.6. The summed E-state index contributed by atoms with van der Waals surface area (Å²) in [5, 5.41) is 23.6.